The Balaban J connectivity index is 1.61. The van der Waals surface area contributed by atoms with E-state index in [0.717, 1.165) is 5.69 Å². The number of morpholine rings is 1. The zero-order valence-electron chi connectivity index (χ0n) is 10.3. The molecule has 6 heteroatoms. The minimum atomic E-state index is 0.185. The number of nitrogens with zero attached hydrogens (tertiary/aromatic N) is 3. The number of nitrogens with one attached hydrogen (secondary N) is 1. The molecule has 0 atom stereocenters. The maximum atomic E-state index is 11.8. The second-order valence-electron chi connectivity index (χ2n) is 4.12. The van der Waals surface area contributed by atoms with Crippen molar-refractivity contribution < 1.29 is 9.53 Å². The van der Waals surface area contributed by atoms with Gasteiger partial charge in [-0.1, -0.05) is 0 Å². The quantitative estimate of drug-likeness (QED) is 0.734. The van der Waals surface area contributed by atoms with Crippen molar-refractivity contribution in [3.05, 3.63) is 24.3 Å². The standard InChI is InChI=1S/C12H18N4O2/c17-12(16-5-7-18-8-6-16)1-2-13-9-11-10-14-3-4-15-11/h3-4,10,13H,1-2,5-9H2. The fourth-order valence-corrected chi connectivity index (χ4v) is 1.80. The van der Waals surface area contributed by atoms with E-state index in [-0.39, 0.29) is 5.91 Å². The molecule has 1 amide bonds. The predicted octanol–water partition coefficient (Wildman–Crippen LogP) is -0.185. The summed E-state index contributed by atoms with van der Waals surface area (Å²) in [4.78, 5) is 21.8. The Kier molecular flexibility index (Phi) is 5.04. The number of ether oxygens (including phenoxy) is 1. The largest absolute Gasteiger partial charge is 0.378 e. The average Bonchev–Trinajstić information content (AvgIpc) is 2.45. The fraction of sp³-hybridized carbons (Fsp3) is 0.583. The molecular formula is C12H18N4O2. The first-order chi connectivity index (χ1) is 8.86. The Labute approximate surface area is 106 Å². The van der Waals surface area contributed by atoms with Crippen molar-refractivity contribution in [3.8, 4) is 0 Å². The number of carbonyl (C=O) groups is 1. The van der Waals surface area contributed by atoms with Crippen molar-refractivity contribution in [2.45, 2.75) is 13.0 Å². The van der Waals surface area contributed by atoms with Gasteiger partial charge in [-0.15, -0.1) is 0 Å². The van der Waals surface area contributed by atoms with E-state index >= 15 is 0 Å². The molecule has 98 valence electrons. The molecule has 0 aliphatic carbocycles. The van der Waals surface area contributed by atoms with Gasteiger partial charge < -0.3 is 15.0 Å². The monoisotopic (exact) mass is 250 g/mol. The third kappa shape index (κ3) is 4.05. The molecular weight excluding hydrogens is 232 g/mol. The summed E-state index contributed by atoms with van der Waals surface area (Å²) in [6.45, 7) is 4.03. The van der Waals surface area contributed by atoms with Crippen LogP contribution in [0, 0.1) is 0 Å². The van der Waals surface area contributed by atoms with Crippen LogP contribution in [0.2, 0.25) is 0 Å². The summed E-state index contributed by atoms with van der Waals surface area (Å²) in [6, 6.07) is 0. The van der Waals surface area contributed by atoms with Gasteiger partial charge in [0.15, 0.2) is 0 Å². The fourth-order valence-electron chi connectivity index (χ4n) is 1.80. The lowest BCUT2D eigenvalue weighted by Crippen LogP contribution is -2.41. The van der Waals surface area contributed by atoms with Crippen molar-refractivity contribution in [2.24, 2.45) is 0 Å². The highest BCUT2D eigenvalue weighted by Gasteiger charge is 2.15. The van der Waals surface area contributed by atoms with Gasteiger partial charge >= 0.3 is 0 Å². The van der Waals surface area contributed by atoms with Gasteiger partial charge in [-0.2, -0.15) is 0 Å². The van der Waals surface area contributed by atoms with Gasteiger partial charge in [0, 0.05) is 51.2 Å². The van der Waals surface area contributed by atoms with Gasteiger partial charge in [0.2, 0.25) is 5.91 Å². The molecule has 2 rings (SSSR count). The van der Waals surface area contributed by atoms with Gasteiger partial charge in [0.05, 0.1) is 18.9 Å². The Hall–Kier alpha value is -1.53. The summed E-state index contributed by atoms with van der Waals surface area (Å²) in [5, 5.41) is 3.19. The van der Waals surface area contributed by atoms with E-state index in [4.69, 9.17) is 4.74 Å². The van der Waals surface area contributed by atoms with Gasteiger partial charge in [0.25, 0.3) is 0 Å². The highest BCUT2D eigenvalue weighted by molar-refractivity contribution is 5.76. The van der Waals surface area contributed by atoms with E-state index in [9.17, 15) is 4.79 Å². The van der Waals surface area contributed by atoms with Crippen molar-refractivity contribution in [3.63, 3.8) is 0 Å². The number of carbonyl (C=O) groups excluding carboxylic acids is 1. The summed E-state index contributed by atoms with van der Waals surface area (Å²) in [6.07, 6.45) is 5.54. The van der Waals surface area contributed by atoms with Crippen LogP contribution in [0.1, 0.15) is 12.1 Å². The summed E-state index contributed by atoms with van der Waals surface area (Å²) in [7, 11) is 0. The van der Waals surface area contributed by atoms with Crippen LogP contribution >= 0.6 is 0 Å². The third-order valence-corrected chi connectivity index (χ3v) is 2.80. The van der Waals surface area contributed by atoms with Crippen LogP contribution in [0.15, 0.2) is 18.6 Å². The van der Waals surface area contributed by atoms with Gasteiger partial charge in [-0.05, 0) is 0 Å². The molecule has 1 saturated heterocycles. The lowest BCUT2D eigenvalue weighted by Gasteiger charge is -2.26. The summed E-state index contributed by atoms with van der Waals surface area (Å²) < 4.78 is 5.21. The first-order valence-electron chi connectivity index (χ1n) is 6.17. The molecule has 1 fully saturated rings. The van der Waals surface area contributed by atoms with E-state index in [0.29, 0.717) is 45.8 Å². The number of aromatic nitrogens is 2. The molecule has 6 nitrogen and oxygen atoms in total. The van der Waals surface area contributed by atoms with Crippen LogP contribution in [0.25, 0.3) is 0 Å². The van der Waals surface area contributed by atoms with Crippen LogP contribution in [-0.2, 0) is 16.1 Å². The minimum absolute atomic E-state index is 0.185. The van der Waals surface area contributed by atoms with E-state index < -0.39 is 0 Å². The highest BCUT2D eigenvalue weighted by atomic mass is 16.5. The van der Waals surface area contributed by atoms with E-state index in [2.05, 4.69) is 15.3 Å². The van der Waals surface area contributed by atoms with Crippen molar-refractivity contribution >= 4 is 5.91 Å². The second-order valence-corrected chi connectivity index (χ2v) is 4.12. The van der Waals surface area contributed by atoms with Crippen molar-refractivity contribution in [1.29, 1.82) is 0 Å². The van der Waals surface area contributed by atoms with Gasteiger partial charge in [-0.3, -0.25) is 14.8 Å². The molecule has 1 aromatic rings. The number of hydrogen-bond acceptors (Lipinski definition) is 5. The molecule has 0 spiro atoms. The molecule has 0 unspecified atom stereocenters. The third-order valence-electron chi connectivity index (χ3n) is 2.80. The summed E-state index contributed by atoms with van der Waals surface area (Å²) >= 11 is 0. The van der Waals surface area contributed by atoms with Crippen molar-refractivity contribution in [1.82, 2.24) is 20.2 Å². The zero-order valence-corrected chi connectivity index (χ0v) is 10.3. The molecule has 0 aromatic carbocycles. The van der Waals surface area contributed by atoms with Crippen LogP contribution in [0.4, 0.5) is 0 Å². The first kappa shape index (κ1) is 12.9. The Morgan fingerprint density at radius 1 is 1.39 bits per heavy atom. The molecule has 1 aliphatic rings. The summed E-state index contributed by atoms with van der Waals surface area (Å²) in [5.41, 5.74) is 0.885. The molecule has 0 saturated carbocycles. The van der Waals surface area contributed by atoms with Crippen LogP contribution in [0.5, 0.6) is 0 Å². The molecule has 1 aliphatic heterocycles. The lowest BCUT2D eigenvalue weighted by molar-refractivity contribution is -0.135. The normalized spacial score (nSPS) is 15.7. The average molecular weight is 250 g/mol. The Morgan fingerprint density at radius 3 is 2.94 bits per heavy atom. The molecule has 2 heterocycles. The van der Waals surface area contributed by atoms with Crippen LogP contribution in [0.3, 0.4) is 0 Å². The SMILES string of the molecule is O=C(CCNCc1cnccn1)N1CCOCC1. The van der Waals surface area contributed by atoms with Crippen LogP contribution < -0.4 is 5.32 Å². The number of hydrogen-bond donors (Lipinski definition) is 1. The van der Waals surface area contributed by atoms with Crippen molar-refractivity contribution in [2.75, 3.05) is 32.8 Å². The maximum Gasteiger partial charge on any atom is 0.224 e. The van der Waals surface area contributed by atoms with Gasteiger partial charge in [-0.25, -0.2) is 0 Å². The van der Waals surface area contributed by atoms with E-state index in [1.807, 2.05) is 4.90 Å². The minimum Gasteiger partial charge on any atom is -0.378 e. The van der Waals surface area contributed by atoms with E-state index in [1.54, 1.807) is 18.6 Å². The van der Waals surface area contributed by atoms with Gasteiger partial charge in [0.1, 0.15) is 0 Å². The van der Waals surface area contributed by atoms with Crippen LogP contribution in [-0.4, -0.2) is 53.6 Å². The number of amides is 1. The smallest absolute Gasteiger partial charge is 0.224 e. The lowest BCUT2D eigenvalue weighted by atomic mass is 10.3. The topological polar surface area (TPSA) is 67.4 Å². The molecule has 1 aromatic heterocycles. The Bertz CT molecular complexity index is 366. The molecule has 18 heavy (non-hydrogen) atoms. The molecule has 1 N–H and O–H groups in total. The molecule has 0 bridgehead atoms. The predicted molar refractivity (Wildman–Crippen MR) is 65.8 cm³/mol. The first-order valence-corrected chi connectivity index (χ1v) is 6.17. The maximum absolute atomic E-state index is 11.8. The highest BCUT2D eigenvalue weighted by Crippen LogP contribution is 1.99. The Morgan fingerprint density at radius 2 is 2.22 bits per heavy atom. The zero-order chi connectivity index (χ0) is 12.6. The number of rotatable bonds is 5. The molecule has 0 radical (unpaired) electrons. The second kappa shape index (κ2) is 7.03. The van der Waals surface area contributed by atoms with E-state index in [1.165, 1.54) is 0 Å². The summed E-state index contributed by atoms with van der Waals surface area (Å²) in [5.74, 6) is 0.185.